The highest BCUT2D eigenvalue weighted by Crippen LogP contribution is 2.17. The van der Waals surface area contributed by atoms with Crippen molar-refractivity contribution < 1.29 is 4.79 Å². The first-order chi connectivity index (χ1) is 9.62. The number of hydrogen-bond acceptors (Lipinski definition) is 6. The van der Waals surface area contributed by atoms with Crippen molar-refractivity contribution in [2.75, 3.05) is 12.4 Å². The molecule has 20 heavy (non-hydrogen) atoms. The maximum atomic E-state index is 12.0. The molecule has 6 nitrogen and oxygen atoms in total. The van der Waals surface area contributed by atoms with Gasteiger partial charge in [-0.1, -0.05) is 25.2 Å². The number of anilines is 1. The molecule has 0 atom stereocenters. The third kappa shape index (κ3) is 3.73. The lowest BCUT2D eigenvalue weighted by Gasteiger charge is -2.14. The van der Waals surface area contributed by atoms with E-state index in [1.54, 1.807) is 23.3 Å². The van der Waals surface area contributed by atoms with Crippen molar-refractivity contribution in [3.8, 4) is 0 Å². The summed E-state index contributed by atoms with van der Waals surface area (Å²) in [5.74, 6) is 0. The van der Waals surface area contributed by atoms with Crippen LogP contribution in [-0.4, -0.2) is 33.2 Å². The summed E-state index contributed by atoms with van der Waals surface area (Å²) < 4.78 is 0. The molecule has 1 N–H and O–H groups in total. The highest BCUT2D eigenvalue weighted by atomic mass is 32.1. The van der Waals surface area contributed by atoms with Gasteiger partial charge >= 0.3 is 6.03 Å². The fourth-order valence-corrected chi connectivity index (χ4v) is 3.08. The fraction of sp³-hybridized carbons (Fsp3) is 0.500. The van der Waals surface area contributed by atoms with Gasteiger partial charge in [0.2, 0.25) is 5.13 Å². The Bertz CT molecular complexity index is 580. The number of nitrogens with one attached hydrogen (secondary N) is 1. The maximum absolute atomic E-state index is 12.0. The summed E-state index contributed by atoms with van der Waals surface area (Å²) in [7, 11) is 1.74. The molecule has 0 saturated heterocycles. The number of carbonyl (C=O) groups is 1. The van der Waals surface area contributed by atoms with Crippen LogP contribution in [0, 0.1) is 0 Å². The Morgan fingerprint density at radius 2 is 2.05 bits per heavy atom. The highest BCUT2D eigenvalue weighted by molar-refractivity contribution is 7.15. The van der Waals surface area contributed by atoms with E-state index in [0.717, 1.165) is 22.9 Å². The first-order valence-corrected chi connectivity index (χ1v) is 8.03. The number of amides is 2. The molecule has 0 aliphatic heterocycles. The molecule has 0 spiro atoms. The molecule has 2 aromatic rings. The molecule has 0 fully saturated rings. The molecule has 0 aromatic carbocycles. The van der Waals surface area contributed by atoms with Crippen molar-refractivity contribution in [3.05, 3.63) is 21.1 Å². The minimum atomic E-state index is -0.197. The molecule has 2 heterocycles. The summed E-state index contributed by atoms with van der Waals surface area (Å²) >= 11 is 3.03. The zero-order valence-electron chi connectivity index (χ0n) is 11.7. The van der Waals surface area contributed by atoms with Gasteiger partial charge in [0.05, 0.1) is 6.54 Å². The van der Waals surface area contributed by atoms with Crippen LogP contribution < -0.4 is 5.32 Å². The van der Waals surface area contributed by atoms with E-state index in [9.17, 15) is 4.79 Å². The molecule has 0 bridgehead atoms. The standard InChI is InChI=1S/C12H17N5OS2/c1-4-8-6-13-10(19-8)7-17(3)12(18)14-11-16-15-9(5-2)20-11/h6H,4-5,7H2,1-3H3,(H,14,16,18). The second-order valence-corrected chi connectivity index (χ2v) is 6.48. The van der Waals surface area contributed by atoms with Crippen LogP contribution in [0.3, 0.4) is 0 Å². The van der Waals surface area contributed by atoms with Crippen LogP contribution in [-0.2, 0) is 19.4 Å². The fourth-order valence-electron chi connectivity index (χ4n) is 1.49. The van der Waals surface area contributed by atoms with E-state index in [1.165, 1.54) is 16.2 Å². The molecule has 2 aromatic heterocycles. The predicted molar refractivity (Wildman–Crippen MR) is 81.3 cm³/mol. The summed E-state index contributed by atoms with van der Waals surface area (Å²) in [5, 5.41) is 13.0. The van der Waals surface area contributed by atoms with Crippen LogP contribution in [0.1, 0.15) is 28.7 Å². The van der Waals surface area contributed by atoms with E-state index >= 15 is 0 Å². The molecule has 0 aliphatic carbocycles. The first-order valence-electron chi connectivity index (χ1n) is 6.40. The van der Waals surface area contributed by atoms with Crippen molar-refractivity contribution in [1.82, 2.24) is 20.1 Å². The van der Waals surface area contributed by atoms with Crippen LogP contribution in [0.2, 0.25) is 0 Å². The summed E-state index contributed by atoms with van der Waals surface area (Å²) in [4.78, 5) is 19.1. The van der Waals surface area contributed by atoms with Gasteiger partial charge in [0.1, 0.15) is 10.0 Å². The third-order valence-electron chi connectivity index (χ3n) is 2.65. The average Bonchev–Trinajstić information content (AvgIpc) is 3.07. The number of urea groups is 1. The monoisotopic (exact) mass is 311 g/mol. The summed E-state index contributed by atoms with van der Waals surface area (Å²) in [6, 6.07) is -0.197. The van der Waals surface area contributed by atoms with Gasteiger partial charge in [-0.15, -0.1) is 21.5 Å². The van der Waals surface area contributed by atoms with E-state index in [-0.39, 0.29) is 6.03 Å². The molecule has 0 unspecified atom stereocenters. The Labute approximate surface area is 125 Å². The molecule has 0 aliphatic rings. The van der Waals surface area contributed by atoms with Crippen LogP contribution in [0.25, 0.3) is 0 Å². The molecule has 8 heteroatoms. The number of thiazole rings is 1. The topological polar surface area (TPSA) is 71.0 Å². The Kier molecular flexibility index (Phi) is 5.02. The molecular weight excluding hydrogens is 294 g/mol. The number of aryl methyl sites for hydroxylation is 2. The zero-order valence-corrected chi connectivity index (χ0v) is 13.3. The lowest BCUT2D eigenvalue weighted by Crippen LogP contribution is -2.30. The zero-order chi connectivity index (χ0) is 14.5. The molecular formula is C12H17N5OS2. The molecule has 0 saturated carbocycles. The highest BCUT2D eigenvalue weighted by Gasteiger charge is 2.13. The van der Waals surface area contributed by atoms with Crippen molar-refractivity contribution in [2.45, 2.75) is 33.2 Å². The van der Waals surface area contributed by atoms with Crippen molar-refractivity contribution >= 4 is 33.8 Å². The number of hydrogen-bond donors (Lipinski definition) is 1. The normalized spacial score (nSPS) is 10.6. The Morgan fingerprint density at radius 3 is 2.65 bits per heavy atom. The molecule has 2 amide bonds. The first kappa shape index (κ1) is 14.9. The van der Waals surface area contributed by atoms with Gasteiger partial charge in [-0.25, -0.2) is 9.78 Å². The van der Waals surface area contributed by atoms with Gasteiger partial charge in [0.15, 0.2) is 0 Å². The summed E-state index contributed by atoms with van der Waals surface area (Å²) in [5.41, 5.74) is 0. The predicted octanol–water partition coefficient (Wildman–Crippen LogP) is 2.78. The average molecular weight is 311 g/mol. The second kappa shape index (κ2) is 6.76. The van der Waals surface area contributed by atoms with Crippen molar-refractivity contribution in [3.63, 3.8) is 0 Å². The van der Waals surface area contributed by atoms with Gasteiger partial charge in [-0.3, -0.25) is 5.32 Å². The third-order valence-corrected chi connectivity index (χ3v) is 4.76. The molecule has 108 valence electrons. The van der Waals surface area contributed by atoms with Gasteiger partial charge in [-0.2, -0.15) is 0 Å². The summed E-state index contributed by atoms with van der Waals surface area (Å²) in [6.45, 7) is 4.59. The Hall–Kier alpha value is -1.54. The number of aromatic nitrogens is 3. The smallest absolute Gasteiger partial charge is 0.321 e. The van der Waals surface area contributed by atoms with Crippen LogP contribution in [0.4, 0.5) is 9.93 Å². The summed E-state index contributed by atoms with van der Waals surface area (Å²) in [6.07, 6.45) is 3.66. The van der Waals surface area contributed by atoms with Crippen molar-refractivity contribution in [2.24, 2.45) is 0 Å². The maximum Gasteiger partial charge on any atom is 0.323 e. The molecule has 2 rings (SSSR count). The van der Waals surface area contributed by atoms with Crippen LogP contribution in [0.5, 0.6) is 0 Å². The van der Waals surface area contributed by atoms with Gasteiger partial charge in [-0.05, 0) is 12.8 Å². The van der Waals surface area contributed by atoms with Crippen molar-refractivity contribution in [1.29, 1.82) is 0 Å². The minimum absolute atomic E-state index is 0.197. The van der Waals surface area contributed by atoms with E-state index < -0.39 is 0 Å². The lowest BCUT2D eigenvalue weighted by molar-refractivity contribution is 0.220. The van der Waals surface area contributed by atoms with Crippen LogP contribution in [0.15, 0.2) is 6.20 Å². The van der Waals surface area contributed by atoms with Crippen LogP contribution >= 0.6 is 22.7 Å². The Balaban J connectivity index is 1.91. The lowest BCUT2D eigenvalue weighted by atomic mass is 10.4. The van der Waals surface area contributed by atoms with E-state index in [2.05, 4.69) is 27.4 Å². The van der Waals surface area contributed by atoms with Gasteiger partial charge < -0.3 is 4.90 Å². The second-order valence-electron chi connectivity index (χ2n) is 4.21. The molecule has 0 radical (unpaired) electrons. The van der Waals surface area contributed by atoms with Gasteiger partial charge in [0, 0.05) is 18.1 Å². The Morgan fingerprint density at radius 1 is 1.25 bits per heavy atom. The number of rotatable bonds is 5. The number of carbonyl (C=O) groups excluding carboxylic acids is 1. The van der Waals surface area contributed by atoms with E-state index in [4.69, 9.17) is 0 Å². The number of nitrogens with zero attached hydrogens (tertiary/aromatic N) is 4. The largest absolute Gasteiger partial charge is 0.323 e. The quantitative estimate of drug-likeness (QED) is 0.921. The van der Waals surface area contributed by atoms with E-state index in [0.29, 0.717) is 11.7 Å². The SMILES string of the molecule is CCc1cnc(CN(C)C(=O)Nc2nnc(CC)s2)s1. The van der Waals surface area contributed by atoms with Gasteiger partial charge in [0.25, 0.3) is 0 Å². The minimum Gasteiger partial charge on any atom is -0.321 e. The van der Waals surface area contributed by atoms with E-state index in [1.807, 2.05) is 13.1 Å².